The molecule has 0 aliphatic rings. The van der Waals surface area contributed by atoms with Gasteiger partial charge in [-0.1, -0.05) is 35.3 Å². The minimum Gasteiger partial charge on any atom is -0.490 e. The summed E-state index contributed by atoms with van der Waals surface area (Å²) in [6, 6.07) is 11.0. The summed E-state index contributed by atoms with van der Waals surface area (Å²) in [5.74, 6) is 0.537. The van der Waals surface area contributed by atoms with Gasteiger partial charge >= 0.3 is 0 Å². The van der Waals surface area contributed by atoms with Gasteiger partial charge in [-0.2, -0.15) is 4.80 Å². The lowest BCUT2D eigenvalue weighted by Gasteiger charge is -2.07. The van der Waals surface area contributed by atoms with Gasteiger partial charge in [-0.3, -0.25) is 0 Å². The number of tetrazole rings is 1. The van der Waals surface area contributed by atoms with E-state index in [0.717, 1.165) is 0 Å². The average molecular weight is 353 g/mol. The molecule has 23 heavy (non-hydrogen) atoms. The number of ether oxygens (including phenoxy) is 1. The Hall–Kier alpha value is -2.18. The molecule has 0 aliphatic heterocycles. The molecule has 0 amide bonds. The Balaban J connectivity index is 1.61. The molecule has 118 valence electrons. The van der Waals surface area contributed by atoms with E-state index in [1.165, 1.54) is 16.9 Å². The van der Waals surface area contributed by atoms with Gasteiger partial charge < -0.3 is 4.74 Å². The summed E-state index contributed by atoms with van der Waals surface area (Å²) >= 11 is 11.8. The van der Waals surface area contributed by atoms with Crippen molar-refractivity contribution >= 4 is 23.2 Å². The summed E-state index contributed by atoms with van der Waals surface area (Å²) in [6.07, 6.45) is 0. The maximum atomic E-state index is 13.2. The van der Waals surface area contributed by atoms with Gasteiger partial charge in [0.15, 0.2) is 0 Å². The number of rotatable bonds is 5. The van der Waals surface area contributed by atoms with Crippen LogP contribution in [0.3, 0.4) is 0 Å². The number of halogens is 3. The topological polar surface area (TPSA) is 52.8 Å². The Morgan fingerprint density at radius 3 is 2.78 bits per heavy atom. The van der Waals surface area contributed by atoms with Crippen LogP contribution in [0.5, 0.6) is 5.75 Å². The van der Waals surface area contributed by atoms with Crippen LogP contribution in [0.25, 0.3) is 11.4 Å². The fourth-order valence-corrected chi connectivity index (χ4v) is 2.37. The van der Waals surface area contributed by atoms with E-state index in [1.54, 1.807) is 30.3 Å². The standard InChI is InChI=1S/C15H11Cl2FN4O/c16-11-4-5-14(13(17)9-11)23-7-6-22-20-15(19-21-22)10-2-1-3-12(18)8-10/h1-5,8-9H,6-7H2. The molecule has 8 heteroatoms. The lowest BCUT2D eigenvalue weighted by Crippen LogP contribution is -2.11. The van der Waals surface area contributed by atoms with Gasteiger partial charge in [0.2, 0.25) is 5.82 Å². The third-order valence-electron chi connectivity index (χ3n) is 2.98. The second kappa shape index (κ2) is 6.93. The van der Waals surface area contributed by atoms with Gasteiger partial charge in [0.05, 0.1) is 11.6 Å². The molecule has 1 aromatic heterocycles. The van der Waals surface area contributed by atoms with E-state index in [0.29, 0.717) is 40.3 Å². The number of nitrogens with zero attached hydrogens (tertiary/aromatic N) is 4. The summed E-state index contributed by atoms with van der Waals surface area (Å²) in [5, 5.41) is 13.0. The number of hydrogen-bond acceptors (Lipinski definition) is 4. The van der Waals surface area contributed by atoms with Crippen LogP contribution in [0.15, 0.2) is 42.5 Å². The molecule has 0 atom stereocenters. The second-order valence-electron chi connectivity index (χ2n) is 4.64. The molecule has 0 bridgehead atoms. The Morgan fingerprint density at radius 1 is 1.13 bits per heavy atom. The highest BCUT2D eigenvalue weighted by Crippen LogP contribution is 2.27. The van der Waals surface area contributed by atoms with Crippen LogP contribution in [0.1, 0.15) is 0 Å². The van der Waals surface area contributed by atoms with Gasteiger partial charge in [0.25, 0.3) is 0 Å². The Bertz CT molecular complexity index is 825. The summed E-state index contributed by atoms with van der Waals surface area (Å²) in [6.45, 7) is 0.682. The molecule has 0 aliphatic carbocycles. The van der Waals surface area contributed by atoms with Crippen molar-refractivity contribution in [3.63, 3.8) is 0 Å². The first kappa shape index (κ1) is 15.7. The summed E-state index contributed by atoms with van der Waals surface area (Å²) in [7, 11) is 0. The minimum absolute atomic E-state index is 0.306. The third kappa shape index (κ3) is 3.97. The number of hydrogen-bond donors (Lipinski definition) is 0. The summed E-state index contributed by atoms with van der Waals surface area (Å²) in [4.78, 5) is 1.38. The minimum atomic E-state index is -0.348. The molecule has 0 saturated carbocycles. The van der Waals surface area contributed by atoms with Crippen molar-refractivity contribution < 1.29 is 9.13 Å². The zero-order valence-electron chi connectivity index (χ0n) is 11.8. The normalized spacial score (nSPS) is 10.7. The van der Waals surface area contributed by atoms with E-state index >= 15 is 0 Å². The Kier molecular flexibility index (Phi) is 4.73. The van der Waals surface area contributed by atoms with Crippen LogP contribution in [0, 0.1) is 5.82 Å². The highest BCUT2D eigenvalue weighted by atomic mass is 35.5. The first-order valence-corrected chi connectivity index (χ1v) is 7.49. The van der Waals surface area contributed by atoms with Crippen LogP contribution >= 0.6 is 23.2 Å². The van der Waals surface area contributed by atoms with Crippen LogP contribution < -0.4 is 4.74 Å². The summed E-state index contributed by atoms with van der Waals surface area (Å²) in [5.41, 5.74) is 0.568. The van der Waals surface area contributed by atoms with Crippen molar-refractivity contribution in [2.75, 3.05) is 6.61 Å². The third-order valence-corrected chi connectivity index (χ3v) is 3.51. The first-order chi connectivity index (χ1) is 11.1. The Labute approximate surface area is 141 Å². The van der Waals surface area contributed by atoms with E-state index in [2.05, 4.69) is 15.4 Å². The average Bonchev–Trinajstić information content (AvgIpc) is 2.98. The van der Waals surface area contributed by atoms with Gasteiger partial charge in [0.1, 0.15) is 18.2 Å². The van der Waals surface area contributed by atoms with Crippen molar-refractivity contribution in [2.24, 2.45) is 0 Å². The summed E-state index contributed by atoms with van der Waals surface area (Å²) < 4.78 is 18.7. The SMILES string of the molecule is Fc1cccc(-c2nnn(CCOc3ccc(Cl)cc3Cl)n2)c1. The largest absolute Gasteiger partial charge is 0.490 e. The molecule has 0 unspecified atom stereocenters. The fourth-order valence-electron chi connectivity index (χ4n) is 1.91. The van der Waals surface area contributed by atoms with Crippen LogP contribution in [-0.2, 0) is 6.54 Å². The van der Waals surface area contributed by atoms with Crippen molar-refractivity contribution in [1.29, 1.82) is 0 Å². The predicted molar refractivity (Wildman–Crippen MR) is 85.2 cm³/mol. The molecule has 0 radical (unpaired) electrons. The fraction of sp³-hybridized carbons (Fsp3) is 0.133. The lowest BCUT2D eigenvalue weighted by molar-refractivity contribution is 0.280. The zero-order chi connectivity index (χ0) is 16.2. The van der Waals surface area contributed by atoms with Crippen molar-refractivity contribution in [1.82, 2.24) is 20.2 Å². The molecule has 2 aromatic carbocycles. The van der Waals surface area contributed by atoms with E-state index in [1.807, 2.05) is 0 Å². The van der Waals surface area contributed by atoms with Crippen molar-refractivity contribution in [3.8, 4) is 17.1 Å². The molecule has 0 fully saturated rings. The molecule has 3 aromatic rings. The molecule has 1 heterocycles. The molecule has 5 nitrogen and oxygen atoms in total. The maximum absolute atomic E-state index is 13.2. The maximum Gasteiger partial charge on any atom is 0.205 e. The van der Waals surface area contributed by atoms with Crippen LogP contribution in [-0.4, -0.2) is 26.8 Å². The van der Waals surface area contributed by atoms with E-state index in [-0.39, 0.29) is 5.82 Å². The molecule has 0 spiro atoms. The molecular formula is C15H11Cl2FN4O. The Morgan fingerprint density at radius 2 is 2.00 bits per heavy atom. The predicted octanol–water partition coefficient (Wildman–Crippen LogP) is 3.87. The molecule has 0 saturated heterocycles. The molecule has 3 rings (SSSR count). The number of aromatic nitrogens is 4. The quantitative estimate of drug-likeness (QED) is 0.699. The smallest absolute Gasteiger partial charge is 0.205 e. The lowest BCUT2D eigenvalue weighted by atomic mass is 10.2. The first-order valence-electron chi connectivity index (χ1n) is 6.73. The van der Waals surface area contributed by atoms with Crippen molar-refractivity contribution in [2.45, 2.75) is 6.54 Å². The zero-order valence-corrected chi connectivity index (χ0v) is 13.3. The van der Waals surface area contributed by atoms with Gasteiger partial charge in [-0.05, 0) is 35.5 Å². The van der Waals surface area contributed by atoms with Gasteiger partial charge in [0, 0.05) is 10.6 Å². The van der Waals surface area contributed by atoms with Crippen LogP contribution in [0.2, 0.25) is 10.0 Å². The monoisotopic (exact) mass is 352 g/mol. The highest BCUT2D eigenvalue weighted by molar-refractivity contribution is 6.35. The van der Waals surface area contributed by atoms with Crippen molar-refractivity contribution in [3.05, 3.63) is 58.3 Å². The molecular weight excluding hydrogens is 342 g/mol. The van der Waals surface area contributed by atoms with E-state index in [4.69, 9.17) is 27.9 Å². The highest BCUT2D eigenvalue weighted by Gasteiger charge is 2.07. The van der Waals surface area contributed by atoms with Gasteiger partial charge in [-0.25, -0.2) is 4.39 Å². The van der Waals surface area contributed by atoms with E-state index < -0.39 is 0 Å². The second-order valence-corrected chi connectivity index (χ2v) is 5.49. The van der Waals surface area contributed by atoms with Gasteiger partial charge in [-0.15, -0.1) is 10.2 Å². The molecule has 0 N–H and O–H groups in total. The van der Waals surface area contributed by atoms with E-state index in [9.17, 15) is 4.39 Å². The number of benzene rings is 2. The van der Waals surface area contributed by atoms with Crippen LogP contribution in [0.4, 0.5) is 4.39 Å².